The predicted octanol–water partition coefficient (Wildman–Crippen LogP) is 3.27. The average molecular weight is 436 g/mol. The maximum atomic E-state index is 12.7. The van der Waals surface area contributed by atoms with Crippen molar-refractivity contribution in [2.45, 2.75) is 40.2 Å². The van der Waals surface area contributed by atoms with E-state index in [-0.39, 0.29) is 36.2 Å². The smallest absolute Gasteiger partial charge is 0.359 e. The van der Waals surface area contributed by atoms with Gasteiger partial charge in [0.05, 0.1) is 11.9 Å². The number of hydrogen-bond donors (Lipinski definition) is 1. The molecule has 3 aromatic rings. The van der Waals surface area contributed by atoms with Gasteiger partial charge in [0.15, 0.2) is 5.69 Å². The van der Waals surface area contributed by atoms with E-state index in [9.17, 15) is 14.4 Å². The summed E-state index contributed by atoms with van der Waals surface area (Å²) in [5, 5.41) is 7.92. The molecule has 168 valence electrons. The van der Waals surface area contributed by atoms with Crippen LogP contribution in [0.5, 0.6) is 0 Å². The van der Waals surface area contributed by atoms with Crippen LogP contribution in [0.1, 0.15) is 41.9 Å². The Morgan fingerprint density at radius 2 is 1.75 bits per heavy atom. The van der Waals surface area contributed by atoms with Crippen molar-refractivity contribution in [1.29, 1.82) is 0 Å². The molecule has 32 heavy (non-hydrogen) atoms. The Labute approximate surface area is 187 Å². The van der Waals surface area contributed by atoms with Crippen LogP contribution in [0.3, 0.4) is 0 Å². The molecular weight excluding hydrogens is 406 g/mol. The number of benzene rings is 2. The van der Waals surface area contributed by atoms with E-state index in [0.717, 1.165) is 5.56 Å². The van der Waals surface area contributed by atoms with E-state index >= 15 is 0 Å². The third-order valence-corrected chi connectivity index (χ3v) is 5.02. The first-order chi connectivity index (χ1) is 15.3. The standard InChI is InChI=1S/C25H29N3O4/c1-17(2)16-28-24(30)21-7-5-4-6-20(21)23(27-28)25(31)32-15-14-26-22(29)13-12-19-10-8-18(3)9-11-19/h4-11,17H,12-16H2,1-3H3,(H,26,29). The molecule has 2 aromatic carbocycles. The summed E-state index contributed by atoms with van der Waals surface area (Å²) in [6.45, 7) is 6.61. The van der Waals surface area contributed by atoms with Gasteiger partial charge in [-0.15, -0.1) is 0 Å². The molecule has 1 N–H and O–H groups in total. The summed E-state index contributed by atoms with van der Waals surface area (Å²) < 4.78 is 6.65. The molecule has 0 fully saturated rings. The molecular formula is C25H29N3O4. The molecule has 0 aliphatic heterocycles. The minimum Gasteiger partial charge on any atom is -0.459 e. The number of rotatable bonds is 9. The fourth-order valence-corrected chi connectivity index (χ4v) is 3.36. The van der Waals surface area contributed by atoms with Gasteiger partial charge in [-0.3, -0.25) is 9.59 Å². The molecule has 0 radical (unpaired) electrons. The molecule has 0 saturated carbocycles. The number of carbonyl (C=O) groups is 2. The molecule has 1 aromatic heterocycles. The van der Waals surface area contributed by atoms with E-state index in [2.05, 4.69) is 10.4 Å². The van der Waals surface area contributed by atoms with Crippen molar-refractivity contribution in [2.75, 3.05) is 13.2 Å². The Morgan fingerprint density at radius 1 is 1.06 bits per heavy atom. The molecule has 7 nitrogen and oxygen atoms in total. The van der Waals surface area contributed by atoms with Crippen LogP contribution >= 0.6 is 0 Å². The fourth-order valence-electron chi connectivity index (χ4n) is 3.36. The summed E-state index contributed by atoms with van der Waals surface area (Å²) in [5.41, 5.74) is 2.16. The molecule has 0 aliphatic carbocycles. The Hall–Kier alpha value is -3.48. The summed E-state index contributed by atoms with van der Waals surface area (Å²) in [7, 11) is 0. The summed E-state index contributed by atoms with van der Waals surface area (Å²) in [5.74, 6) is -0.524. The van der Waals surface area contributed by atoms with Crippen LogP contribution in [0.4, 0.5) is 0 Å². The second-order valence-electron chi connectivity index (χ2n) is 8.25. The number of fused-ring (bicyclic) bond motifs is 1. The zero-order valence-electron chi connectivity index (χ0n) is 18.8. The van der Waals surface area contributed by atoms with Crippen LogP contribution in [-0.4, -0.2) is 34.8 Å². The Kier molecular flexibility index (Phi) is 7.76. The highest BCUT2D eigenvalue weighted by Crippen LogP contribution is 2.15. The van der Waals surface area contributed by atoms with E-state index < -0.39 is 5.97 Å². The second kappa shape index (κ2) is 10.7. The number of nitrogens with zero attached hydrogens (tertiary/aromatic N) is 2. The van der Waals surface area contributed by atoms with Gasteiger partial charge in [-0.05, 0) is 30.9 Å². The van der Waals surface area contributed by atoms with Gasteiger partial charge in [-0.2, -0.15) is 5.10 Å². The van der Waals surface area contributed by atoms with Crippen molar-refractivity contribution in [3.8, 4) is 0 Å². The number of amides is 1. The number of aryl methyl sites for hydroxylation is 2. The molecule has 0 unspecified atom stereocenters. The van der Waals surface area contributed by atoms with Crippen molar-refractivity contribution in [2.24, 2.45) is 5.92 Å². The third-order valence-electron chi connectivity index (χ3n) is 5.02. The van der Waals surface area contributed by atoms with Gasteiger partial charge in [0.2, 0.25) is 5.91 Å². The van der Waals surface area contributed by atoms with Crippen LogP contribution in [0.25, 0.3) is 10.8 Å². The maximum Gasteiger partial charge on any atom is 0.359 e. The minimum atomic E-state index is -0.618. The van der Waals surface area contributed by atoms with E-state index in [1.807, 2.05) is 45.0 Å². The summed E-state index contributed by atoms with van der Waals surface area (Å²) >= 11 is 0. The van der Waals surface area contributed by atoms with Gasteiger partial charge < -0.3 is 10.1 Å². The van der Waals surface area contributed by atoms with E-state index in [0.29, 0.717) is 30.2 Å². The molecule has 0 aliphatic rings. The SMILES string of the molecule is Cc1ccc(CCC(=O)NCCOC(=O)c2nn(CC(C)C)c(=O)c3ccccc23)cc1. The van der Waals surface area contributed by atoms with E-state index in [1.54, 1.807) is 24.3 Å². The van der Waals surface area contributed by atoms with Crippen LogP contribution in [0.2, 0.25) is 0 Å². The lowest BCUT2D eigenvalue weighted by Gasteiger charge is -2.12. The minimum absolute atomic E-state index is 0.0222. The third kappa shape index (κ3) is 6.03. The molecule has 7 heteroatoms. The van der Waals surface area contributed by atoms with Gasteiger partial charge in [-0.25, -0.2) is 9.48 Å². The molecule has 1 amide bonds. The topological polar surface area (TPSA) is 90.3 Å². The van der Waals surface area contributed by atoms with Gasteiger partial charge in [0.25, 0.3) is 5.56 Å². The number of carbonyl (C=O) groups excluding carboxylic acids is 2. The van der Waals surface area contributed by atoms with E-state index in [4.69, 9.17) is 4.74 Å². The van der Waals surface area contributed by atoms with Crippen LogP contribution in [0, 0.1) is 12.8 Å². The van der Waals surface area contributed by atoms with Crippen molar-refractivity contribution in [1.82, 2.24) is 15.1 Å². The van der Waals surface area contributed by atoms with Gasteiger partial charge in [0, 0.05) is 18.4 Å². The quantitative estimate of drug-likeness (QED) is 0.412. The predicted molar refractivity (Wildman–Crippen MR) is 124 cm³/mol. The van der Waals surface area contributed by atoms with Crippen molar-refractivity contribution in [3.05, 3.63) is 75.7 Å². The van der Waals surface area contributed by atoms with Gasteiger partial charge >= 0.3 is 5.97 Å². The average Bonchev–Trinajstić information content (AvgIpc) is 2.78. The van der Waals surface area contributed by atoms with Gasteiger partial charge in [0.1, 0.15) is 6.61 Å². The number of aromatic nitrogens is 2. The largest absolute Gasteiger partial charge is 0.459 e. The fraction of sp³-hybridized carbons (Fsp3) is 0.360. The number of hydrogen-bond acceptors (Lipinski definition) is 5. The Balaban J connectivity index is 1.56. The molecule has 0 atom stereocenters. The highest BCUT2D eigenvalue weighted by molar-refractivity contribution is 6.02. The highest BCUT2D eigenvalue weighted by atomic mass is 16.5. The van der Waals surface area contributed by atoms with Crippen molar-refractivity contribution in [3.63, 3.8) is 0 Å². The number of ether oxygens (including phenoxy) is 1. The van der Waals surface area contributed by atoms with Crippen molar-refractivity contribution >= 4 is 22.6 Å². The zero-order chi connectivity index (χ0) is 23.1. The second-order valence-corrected chi connectivity index (χ2v) is 8.25. The first-order valence-corrected chi connectivity index (χ1v) is 10.8. The van der Waals surface area contributed by atoms with Gasteiger partial charge in [-0.1, -0.05) is 61.9 Å². The first-order valence-electron chi connectivity index (χ1n) is 10.8. The lowest BCUT2D eigenvalue weighted by atomic mass is 10.1. The van der Waals surface area contributed by atoms with Crippen LogP contribution in [-0.2, 0) is 22.5 Å². The lowest BCUT2D eigenvalue weighted by molar-refractivity contribution is -0.121. The Morgan fingerprint density at radius 3 is 2.44 bits per heavy atom. The lowest BCUT2D eigenvalue weighted by Crippen LogP contribution is -2.30. The van der Waals surface area contributed by atoms with Crippen LogP contribution < -0.4 is 10.9 Å². The van der Waals surface area contributed by atoms with Crippen LogP contribution in [0.15, 0.2) is 53.3 Å². The summed E-state index contributed by atoms with van der Waals surface area (Å²) in [6.07, 6.45) is 1.02. The van der Waals surface area contributed by atoms with E-state index in [1.165, 1.54) is 10.2 Å². The molecule has 1 heterocycles. The maximum absolute atomic E-state index is 12.7. The first kappa shape index (κ1) is 23.2. The normalized spacial score (nSPS) is 11.0. The summed E-state index contributed by atoms with van der Waals surface area (Å²) in [6, 6.07) is 14.9. The van der Waals surface area contributed by atoms with Crippen molar-refractivity contribution < 1.29 is 14.3 Å². The molecule has 0 saturated heterocycles. The zero-order valence-corrected chi connectivity index (χ0v) is 18.8. The molecule has 3 rings (SSSR count). The molecule has 0 bridgehead atoms. The summed E-state index contributed by atoms with van der Waals surface area (Å²) in [4.78, 5) is 37.4. The number of esters is 1. The molecule has 0 spiro atoms. The highest BCUT2D eigenvalue weighted by Gasteiger charge is 2.18. The number of nitrogens with one attached hydrogen (secondary N) is 1. The monoisotopic (exact) mass is 435 g/mol. The Bertz CT molecular complexity index is 1150.